The molecule has 7 heteroatoms. The normalized spacial score (nSPS) is 23.1. The standard InChI is InChI=1S/C30H47N5O2/c1-21-9-8-10-22(2)26(21)31-27(36)34-16-13-33(14-17-34)15-18-35(28(37)32-29(3,4)5)20-23-11-12-24-19-25(23)30(24,6)7/h8-11,24-25H,12-20H2,1-7H3,(H,31,36)(H,32,37). The first-order valence-corrected chi connectivity index (χ1v) is 14.0. The molecule has 2 bridgehead atoms. The van der Waals surface area contributed by atoms with Gasteiger partial charge < -0.3 is 20.4 Å². The lowest BCUT2D eigenvalue weighted by Gasteiger charge is -2.57. The second kappa shape index (κ2) is 10.7. The number of amides is 4. The van der Waals surface area contributed by atoms with Crippen LogP contribution in [-0.2, 0) is 0 Å². The Morgan fingerprint density at radius 2 is 1.73 bits per heavy atom. The summed E-state index contributed by atoms with van der Waals surface area (Å²) in [6.45, 7) is 20.1. The average molecular weight is 510 g/mol. The molecule has 4 amide bonds. The van der Waals surface area contributed by atoms with Gasteiger partial charge >= 0.3 is 12.1 Å². The van der Waals surface area contributed by atoms with E-state index in [1.165, 1.54) is 12.0 Å². The Kier molecular flexibility index (Phi) is 7.93. The third kappa shape index (κ3) is 6.31. The van der Waals surface area contributed by atoms with E-state index < -0.39 is 0 Å². The van der Waals surface area contributed by atoms with E-state index in [-0.39, 0.29) is 17.6 Å². The summed E-state index contributed by atoms with van der Waals surface area (Å²) in [7, 11) is 0. The van der Waals surface area contributed by atoms with Crippen LogP contribution in [0.4, 0.5) is 15.3 Å². The summed E-state index contributed by atoms with van der Waals surface area (Å²) in [6, 6.07) is 6.04. The van der Waals surface area contributed by atoms with E-state index in [1.807, 2.05) is 62.6 Å². The zero-order chi connectivity index (χ0) is 27.0. The molecule has 0 aromatic heterocycles. The van der Waals surface area contributed by atoms with E-state index in [2.05, 4.69) is 35.5 Å². The van der Waals surface area contributed by atoms with Gasteiger partial charge in [-0.3, -0.25) is 4.90 Å². The highest BCUT2D eigenvalue weighted by atomic mass is 16.2. The predicted octanol–water partition coefficient (Wildman–Crippen LogP) is 5.26. The molecule has 2 N–H and O–H groups in total. The third-order valence-corrected chi connectivity index (χ3v) is 8.78. The number of anilines is 1. The Labute approximate surface area is 223 Å². The lowest BCUT2D eigenvalue weighted by atomic mass is 9.49. The number of hydrogen-bond donors (Lipinski definition) is 2. The number of rotatable bonds is 6. The lowest BCUT2D eigenvalue weighted by Crippen LogP contribution is -2.55. The number of nitrogens with one attached hydrogen (secondary N) is 2. The fraction of sp³-hybridized carbons (Fsp3) is 0.667. The first-order chi connectivity index (χ1) is 17.3. The van der Waals surface area contributed by atoms with Crippen molar-refractivity contribution < 1.29 is 9.59 Å². The summed E-state index contributed by atoms with van der Waals surface area (Å²) < 4.78 is 0. The molecule has 2 unspecified atom stereocenters. The molecule has 0 radical (unpaired) electrons. The minimum atomic E-state index is -0.272. The topological polar surface area (TPSA) is 67.9 Å². The first-order valence-electron chi connectivity index (χ1n) is 14.0. The number of piperazine rings is 1. The van der Waals surface area contributed by atoms with Gasteiger partial charge in [0.05, 0.1) is 0 Å². The highest BCUT2D eigenvalue weighted by molar-refractivity contribution is 5.91. The zero-order valence-corrected chi connectivity index (χ0v) is 24.0. The summed E-state index contributed by atoms with van der Waals surface area (Å²) in [5.74, 6) is 1.39. The molecular formula is C30H47N5O2. The molecular weight excluding hydrogens is 462 g/mol. The van der Waals surface area contributed by atoms with Crippen LogP contribution in [0, 0.1) is 31.1 Å². The van der Waals surface area contributed by atoms with Crippen LogP contribution >= 0.6 is 0 Å². The van der Waals surface area contributed by atoms with Crippen molar-refractivity contribution in [3.63, 3.8) is 0 Å². The number of nitrogens with zero attached hydrogens (tertiary/aromatic N) is 3. The summed E-state index contributed by atoms with van der Waals surface area (Å²) in [5, 5.41) is 6.29. The number of allylic oxidation sites excluding steroid dienone is 1. The lowest BCUT2D eigenvalue weighted by molar-refractivity contribution is -0.00988. The van der Waals surface area contributed by atoms with Crippen molar-refractivity contribution >= 4 is 17.7 Å². The van der Waals surface area contributed by atoms with Crippen LogP contribution in [0.1, 0.15) is 58.6 Å². The molecule has 2 atom stereocenters. The second-order valence-electron chi connectivity index (χ2n) is 12.9. The fourth-order valence-corrected chi connectivity index (χ4v) is 6.16. The smallest absolute Gasteiger partial charge is 0.321 e. The van der Waals surface area contributed by atoms with Crippen LogP contribution in [0.25, 0.3) is 0 Å². The Hall–Kier alpha value is -2.54. The summed E-state index contributed by atoms with van der Waals surface area (Å²) in [5.41, 5.74) is 4.58. The third-order valence-electron chi connectivity index (χ3n) is 8.78. The number of hydrogen-bond acceptors (Lipinski definition) is 3. The van der Waals surface area contributed by atoms with Crippen molar-refractivity contribution in [1.29, 1.82) is 0 Å². The molecule has 1 heterocycles. The van der Waals surface area contributed by atoms with Crippen LogP contribution in [0.5, 0.6) is 0 Å². The van der Waals surface area contributed by atoms with E-state index >= 15 is 0 Å². The van der Waals surface area contributed by atoms with Crippen LogP contribution in [0.15, 0.2) is 29.8 Å². The predicted molar refractivity (Wildman–Crippen MR) is 151 cm³/mol. The van der Waals surface area contributed by atoms with Crippen molar-refractivity contribution in [2.75, 3.05) is 51.1 Å². The number of para-hydroxylation sites is 1. The maximum Gasteiger partial charge on any atom is 0.321 e. The first kappa shape index (κ1) is 27.5. The summed E-state index contributed by atoms with van der Waals surface area (Å²) >= 11 is 0. The Bertz CT molecular complexity index is 1010. The number of benzene rings is 1. The van der Waals surface area contributed by atoms with Crippen LogP contribution in [0.2, 0.25) is 0 Å². The van der Waals surface area contributed by atoms with Crippen molar-refractivity contribution in [2.45, 2.75) is 66.8 Å². The largest absolute Gasteiger partial charge is 0.333 e. The van der Waals surface area contributed by atoms with Gasteiger partial charge in [-0.25, -0.2) is 9.59 Å². The molecule has 1 saturated carbocycles. The Balaban J connectivity index is 1.31. The van der Waals surface area contributed by atoms with Gasteiger partial charge in [0.1, 0.15) is 0 Å². The molecule has 3 aliphatic carbocycles. The van der Waals surface area contributed by atoms with E-state index in [9.17, 15) is 9.59 Å². The molecule has 0 spiro atoms. The molecule has 7 nitrogen and oxygen atoms in total. The maximum atomic E-state index is 13.3. The van der Waals surface area contributed by atoms with E-state index in [1.54, 1.807) is 0 Å². The maximum absolute atomic E-state index is 13.3. The number of aryl methyl sites for hydroxylation is 2. The van der Waals surface area contributed by atoms with Gasteiger partial charge in [-0.2, -0.15) is 0 Å². The fourth-order valence-electron chi connectivity index (χ4n) is 6.16. The molecule has 37 heavy (non-hydrogen) atoms. The van der Waals surface area contributed by atoms with Gasteiger partial charge in [-0.1, -0.05) is 43.7 Å². The van der Waals surface area contributed by atoms with Gasteiger partial charge in [0.2, 0.25) is 0 Å². The summed E-state index contributed by atoms with van der Waals surface area (Å²) in [4.78, 5) is 32.4. The summed E-state index contributed by atoms with van der Waals surface area (Å²) in [6.07, 6.45) is 4.80. The number of carbonyl (C=O) groups is 2. The van der Waals surface area contributed by atoms with E-state index in [0.29, 0.717) is 37.5 Å². The Morgan fingerprint density at radius 1 is 1.08 bits per heavy atom. The number of fused-ring (bicyclic) bond motifs is 1. The zero-order valence-electron chi connectivity index (χ0n) is 24.0. The van der Waals surface area contributed by atoms with Crippen LogP contribution in [-0.4, -0.2) is 78.1 Å². The minimum Gasteiger partial charge on any atom is -0.333 e. The monoisotopic (exact) mass is 509 g/mol. The van der Waals surface area contributed by atoms with E-state index in [4.69, 9.17) is 0 Å². The van der Waals surface area contributed by atoms with Crippen molar-refractivity contribution in [1.82, 2.24) is 20.0 Å². The van der Waals surface area contributed by atoms with E-state index in [0.717, 1.165) is 48.8 Å². The van der Waals surface area contributed by atoms with Crippen LogP contribution in [0.3, 0.4) is 0 Å². The molecule has 2 fully saturated rings. The minimum absolute atomic E-state index is 0.0132. The molecule has 5 rings (SSSR count). The molecule has 4 aliphatic rings. The van der Waals surface area contributed by atoms with Crippen molar-refractivity contribution in [3.8, 4) is 0 Å². The van der Waals surface area contributed by atoms with Crippen LogP contribution < -0.4 is 10.6 Å². The van der Waals surface area contributed by atoms with Crippen molar-refractivity contribution in [3.05, 3.63) is 41.0 Å². The molecule has 1 saturated heterocycles. The van der Waals surface area contributed by atoms with Gasteiger partial charge in [-0.15, -0.1) is 0 Å². The van der Waals surface area contributed by atoms with Gasteiger partial charge in [-0.05, 0) is 75.8 Å². The highest BCUT2D eigenvalue weighted by Crippen LogP contribution is 2.59. The van der Waals surface area contributed by atoms with Crippen molar-refractivity contribution in [2.24, 2.45) is 17.3 Å². The molecule has 1 aromatic rings. The SMILES string of the molecule is Cc1cccc(C)c1NC(=O)N1CCN(CCN(CC2=CCC3CC2C3(C)C)C(=O)NC(C)(C)C)CC1. The molecule has 1 aliphatic heterocycles. The Morgan fingerprint density at radius 3 is 2.30 bits per heavy atom. The molecule has 204 valence electrons. The number of urea groups is 2. The quantitative estimate of drug-likeness (QED) is 0.515. The van der Waals surface area contributed by atoms with Gasteiger partial charge in [0.15, 0.2) is 0 Å². The van der Waals surface area contributed by atoms with Gasteiger partial charge in [0.25, 0.3) is 0 Å². The number of carbonyl (C=O) groups excluding carboxylic acids is 2. The second-order valence-corrected chi connectivity index (χ2v) is 12.9. The average Bonchev–Trinajstić information content (AvgIpc) is 2.83. The highest BCUT2D eigenvalue weighted by Gasteiger charge is 2.51. The molecule has 1 aromatic carbocycles. The van der Waals surface area contributed by atoms with Gasteiger partial charge in [0, 0.05) is 57.0 Å².